The Kier molecular flexibility index (Phi) is 4.14. The lowest BCUT2D eigenvalue weighted by Crippen LogP contribution is -2.44. The predicted octanol–water partition coefficient (Wildman–Crippen LogP) is 2.32. The fourth-order valence-corrected chi connectivity index (χ4v) is 2.31. The smallest absolute Gasteiger partial charge is 0.229 e. The van der Waals surface area contributed by atoms with Crippen molar-refractivity contribution in [2.45, 2.75) is 26.3 Å². The Morgan fingerprint density at radius 2 is 2.16 bits per heavy atom. The van der Waals surface area contributed by atoms with E-state index in [1.165, 1.54) is 17.0 Å². The van der Waals surface area contributed by atoms with E-state index in [1.807, 2.05) is 0 Å². The van der Waals surface area contributed by atoms with Crippen LogP contribution in [-0.4, -0.2) is 25.0 Å². The summed E-state index contributed by atoms with van der Waals surface area (Å²) in [7, 11) is 0. The second kappa shape index (κ2) is 5.65. The number of rotatable bonds is 3. The fourth-order valence-electron chi connectivity index (χ4n) is 2.31. The number of amides is 1. The van der Waals surface area contributed by atoms with Crippen LogP contribution in [0.25, 0.3) is 0 Å². The van der Waals surface area contributed by atoms with Gasteiger partial charge in [0.1, 0.15) is 11.6 Å². The molecule has 1 aliphatic rings. The first-order valence-electron chi connectivity index (χ1n) is 6.49. The summed E-state index contributed by atoms with van der Waals surface area (Å²) in [6, 6.07) is 3.26. The Bertz CT molecular complexity index is 471. The molecule has 0 aliphatic carbocycles. The van der Waals surface area contributed by atoms with Crippen molar-refractivity contribution in [1.29, 1.82) is 0 Å². The van der Waals surface area contributed by atoms with Crippen LogP contribution in [-0.2, 0) is 4.79 Å². The molecule has 1 amide bonds. The van der Waals surface area contributed by atoms with E-state index in [-0.39, 0.29) is 23.6 Å². The lowest BCUT2D eigenvalue weighted by Gasteiger charge is -2.30. The molecule has 0 spiro atoms. The molecule has 0 bridgehead atoms. The maximum atomic E-state index is 13.9. The quantitative estimate of drug-likeness (QED) is 0.912. The summed E-state index contributed by atoms with van der Waals surface area (Å²) in [5.74, 6) is -1.70. The highest BCUT2D eigenvalue weighted by molar-refractivity contribution is 5.95. The minimum Gasteiger partial charge on any atom is -0.315 e. The molecular formula is C14H18F2N2O. The third-order valence-electron chi connectivity index (χ3n) is 3.30. The molecule has 1 saturated heterocycles. The summed E-state index contributed by atoms with van der Waals surface area (Å²) < 4.78 is 26.9. The van der Waals surface area contributed by atoms with Crippen LogP contribution in [0.1, 0.15) is 20.3 Å². The third-order valence-corrected chi connectivity index (χ3v) is 3.30. The van der Waals surface area contributed by atoms with Gasteiger partial charge in [0.2, 0.25) is 5.91 Å². The highest BCUT2D eigenvalue weighted by atomic mass is 19.1. The van der Waals surface area contributed by atoms with E-state index in [4.69, 9.17) is 0 Å². The minimum atomic E-state index is -0.694. The highest BCUT2D eigenvalue weighted by Gasteiger charge is 2.31. The number of halogens is 2. The molecule has 1 fully saturated rings. The van der Waals surface area contributed by atoms with Gasteiger partial charge in [-0.3, -0.25) is 4.79 Å². The van der Waals surface area contributed by atoms with Crippen LogP contribution in [0, 0.1) is 17.6 Å². The maximum absolute atomic E-state index is 13.9. The normalized spacial score (nSPS) is 18.9. The van der Waals surface area contributed by atoms with E-state index in [2.05, 4.69) is 5.32 Å². The summed E-state index contributed by atoms with van der Waals surface area (Å²) in [4.78, 5) is 13.8. The fraction of sp³-hybridized carbons (Fsp3) is 0.500. The third kappa shape index (κ3) is 2.92. The van der Waals surface area contributed by atoms with E-state index in [1.54, 1.807) is 13.8 Å². The first kappa shape index (κ1) is 13.9. The first-order valence-corrected chi connectivity index (χ1v) is 6.49. The molecule has 5 heteroatoms. The van der Waals surface area contributed by atoms with Crippen molar-refractivity contribution in [3.8, 4) is 0 Å². The van der Waals surface area contributed by atoms with Crippen molar-refractivity contribution < 1.29 is 13.6 Å². The molecule has 3 nitrogen and oxygen atoms in total. The Balaban J connectivity index is 2.38. The molecule has 0 aromatic heterocycles. The summed E-state index contributed by atoms with van der Waals surface area (Å²) in [6.07, 6.45) is 0.773. The Morgan fingerprint density at radius 3 is 2.68 bits per heavy atom. The van der Waals surface area contributed by atoms with E-state index < -0.39 is 11.6 Å². The Morgan fingerprint density at radius 1 is 1.42 bits per heavy atom. The molecule has 1 atom stereocenters. The monoisotopic (exact) mass is 268 g/mol. The standard InChI is InChI=1S/C14H18F2N2O/c1-9(2)14(19)18(11-5-6-17-8-11)13-4-3-10(15)7-12(13)16/h3-4,7,9,11,17H,5-6,8H2,1-2H3/t11-/m0/s1. The van der Waals surface area contributed by atoms with Crippen LogP contribution in [0.15, 0.2) is 18.2 Å². The molecule has 0 saturated carbocycles. The zero-order valence-corrected chi connectivity index (χ0v) is 11.1. The van der Waals surface area contributed by atoms with Crippen molar-refractivity contribution in [3.05, 3.63) is 29.8 Å². The van der Waals surface area contributed by atoms with E-state index in [0.717, 1.165) is 19.0 Å². The summed E-state index contributed by atoms with van der Waals surface area (Å²) >= 11 is 0. The van der Waals surface area contributed by atoms with Gasteiger partial charge in [-0.2, -0.15) is 0 Å². The minimum absolute atomic E-state index is 0.0742. The van der Waals surface area contributed by atoms with Gasteiger partial charge < -0.3 is 10.2 Å². The average Bonchev–Trinajstić information content (AvgIpc) is 2.85. The van der Waals surface area contributed by atoms with Gasteiger partial charge in [-0.25, -0.2) is 8.78 Å². The summed E-state index contributed by atoms with van der Waals surface area (Å²) in [5.41, 5.74) is 0.161. The van der Waals surface area contributed by atoms with Gasteiger partial charge in [0.25, 0.3) is 0 Å². The highest BCUT2D eigenvalue weighted by Crippen LogP contribution is 2.26. The number of benzene rings is 1. The number of hydrogen-bond donors (Lipinski definition) is 1. The van der Waals surface area contributed by atoms with Crippen LogP contribution >= 0.6 is 0 Å². The average molecular weight is 268 g/mol. The molecule has 1 heterocycles. The topological polar surface area (TPSA) is 32.3 Å². The van der Waals surface area contributed by atoms with Crippen LogP contribution in [0.3, 0.4) is 0 Å². The summed E-state index contributed by atoms with van der Waals surface area (Å²) in [6.45, 7) is 4.99. The van der Waals surface area contributed by atoms with Gasteiger partial charge in [-0.15, -0.1) is 0 Å². The molecule has 1 aromatic carbocycles. The Hall–Kier alpha value is -1.49. The van der Waals surface area contributed by atoms with Crippen LogP contribution < -0.4 is 10.2 Å². The van der Waals surface area contributed by atoms with Gasteiger partial charge in [-0.1, -0.05) is 13.8 Å². The lowest BCUT2D eigenvalue weighted by atomic mass is 10.1. The van der Waals surface area contributed by atoms with Gasteiger partial charge in [0.05, 0.1) is 11.7 Å². The molecule has 1 N–H and O–H groups in total. The molecule has 0 unspecified atom stereocenters. The molecule has 2 rings (SSSR count). The molecular weight excluding hydrogens is 250 g/mol. The number of carbonyl (C=O) groups is 1. The number of anilines is 1. The van der Waals surface area contributed by atoms with Crippen molar-refractivity contribution in [3.63, 3.8) is 0 Å². The van der Waals surface area contributed by atoms with Crippen molar-refractivity contribution in [2.75, 3.05) is 18.0 Å². The van der Waals surface area contributed by atoms with Crippen LogP contribution in [0.4, 0.5) is 14.5 Å². The van der Waals surface area contributed by atoms with E-state index in [9.17, 15) is 13.6 Å². The predicted molar refractivity (Wildman–Crippen MR) is 70.0 cm³/mol. The largest absolute Gasteiger partial charge is 0.315 e. The molecule has 0 radical (unpaired) electrons. The number of nitrogens with one attached hydrogen (secondary N) is 1. The van der Waals surface area contributed by atoms with Gasteiger partial charge in [0.15, 0.2) is 0 Å². The SMILES string of the molecule is CC(C)C(=O)N(c1ccc(F)cc1F)[C@H]1CCNC1. The van der Waals surface area contributed by atoms with E-state index in [0.29, 0.717) is 6.54 Å². The van der Waals surface area contributed by atoms with E-state index >= 15 is 0 Å². The van der Waals surface area contributed by atoms with Gasteiger partial charge >= 0.3 is 0 Å². The van der Waals surface area contributed by atoms with Crippen LogP contribution in [0.5, 0.6) is 0 Å². The van der Waals surface area contributed by atoms with Crippen LogP contribution in [0.2, 0.25) is 0 Å². The molecule has 1 aromatic rings. The number of hydrogen-bond acceptors (Lipinski definition) is 2. The first-order chi connectivity index (χ1) is 9.00. The molecule has 1 aliphatic heterocycles. The zero-order valence-electron chi connectivity index (χ0n) is 11.1. The van der Waals surface area contributed by atoms with Gasteiger partial charge in [0, 0.05) is 18.5 Å². The molecule has 19 heavy (non-hydrogen) atoms. The molecule has 104 valence electrons. The second-order valence-corrected chi connectivity index (χ2v) is 5.11. The van der Waals surface area contributed by atoms with Crippen molar-refractivity contribution >= 4 is 11.6 Å². The Labute approximate surface area is 111 Å². The van der Waals surface area contributed by atoms with Gasteiger partial charge in [-0.05, 0) is 25.1 Å². The maximum Gasteiger partial charge on any atom is 0.229 e. The second-order valence-electron chi connectivity index (χ2n) is 5.11. The summed E-state index contributed by atoms with van der Waals surface area (Å²) in [5, 5.41) is 3.16. The van der Waals surface area contributed by atoms with Crippen molar-refractivity contribution in [1.82, 2.24) is 5.32 Å². The van der Waals surface area contributed by atoms with Crippen molar-refractivity contribution in [2.24, 2.45) is 5.92 Å². The number of carbonyl (C=O) groups excluding carboxylic acids is 1. The zero-order chi connectivity index (χ0) is 14.0. The lowest BCUT2D eigenvalue weighted by molar-refractivity contribution is -0.121. The number of nitrogens with zero attached hydrogens (tertiary/aromatic N) is 1.